The van der Waals surface area contributed by atoms with Crippen LogP contribution in [0.1, 0.15) is 93.8 Å². The van der Waals surface area contributed by atoms with E-state index in [9.17, 15) is 9.59 Å². The van der Waals surface area contributed by atoms with Crippen LogP contribution in [0.4, 0.5) is 23.4 Å². The topological polar surface area (TPSA) is 208 Å². The normalized spacial score (nSPS) is 19.5. The summed E-state index contributed by atoms with van der Waals surface area (Å²) in [7, 11) is 1.55. The standard InChI is InChI=1S/C40H45F4N9O3.C14H14N2O2.C6H11NO/c1-20(2)23(5)53-17-33(50-51-53)25-9-7-24(8-10-25)19-55-37-35(34-22(4)31(41)13-32-29(34)15-46-49-32)30(40(42,43)44)12-28-36(37)47-39(56-18-21(3)54-6)48-38(28)52-16-26-11-27(52)14-45-26;17-9-14(16-10-18)12-6-4-11(5-7-12)13-3-1-2-8-15-13;1-6-3-2-4-7(6)5-8/h7-10,12-13,15,20-21,23,26-27,33,45H,11,14,16-19H2,1-6H3,(H,46,49);1-8,10,14,17H,9H2,(H,16,18);5-6H,2-4H2,1H3/t21-,23?,26?,27?,33?;;/m0../s1. The van der Waals surface area contributed by atoms with E-state index in [0.717, 1.165) is 47.8 Å². The molecule has 2 bridgehead atoms. The van der Waals surface area contributed by atoms with Gasteiger partial charge in [-0.25, -0.2) is 4.39 Å². The van der Waals surface area contributed by atoms with Crippen molar-refractivity contribution in [1.82, 2.24) is 45.7 Å². The number of aliphatic hydroxyl groups is 1. The summed E-state index contributed by atoms with van der Waals surface area (Å²) in [6.07, 6.45) is 2.65. The summed E-state index contributed by atoms with van der Waals surface area (Å²) in [5, 5.41) is 33.3. The van der Waals surface area contributed by atoms with Gasteiger partial charge < -0.3 is 39.8 Å². The third-order valence-corrected chi connectivity index (χ3v) is 15.9. The lowest BCUT2D eigenvalue weighted by Crippen LogP contribution is -2.44. The number of carbonyl (C=O) groups excluding carboxylic acids is 2. The Morgan fingerprint density at radius 2 is 1.73 bits per heavy atom. The lowest BCUT2D eigenvalue weighted by Gasteiger charge is -2.30. The number of amides is 2. The number of aromatic amines is 1. The van der Waals surface area contributed by atoms with Crippen LogP contribution in [-0.2, 0) is 27.1 Å². The molecule has 6 unspecified atom stereocenters. The van der Waals surface area contributed by atoms with Crippen LogP contribution in [0, 0.1) is 18.7 Å². The Bertz CT molecular complexity index is 3330. The van der Waals surface area contributed by atoms with Gasteiger partial charge in [0.05, 0.1) is 48.3 Å². The molecule has 7 atom stereocenters. The second-order valence-electron chi connectivity index (χ2n) is 21.6. The van der Waals surface area contributed by atoms with Crippen molar-refractivity contribution in [1.29, 1.82) is 0 Å². The number of pyridine rings is 1. The number of likely N-dealkylation sites (tertiary alicyclic amines) is 1. The van der Waals surface area contributed by atoms with Crippen LogP contribution in [0.2, 0.25) is 0 Å². The van der Waals surface area contributed by atoms with Gasteiger partial charge in [-0.3, -0.25) is 24.7 Å². The summed E-state index contributed by atoms with van der Waals surface area (Å²) >= 11 is 0. The molecule has 434 valence electrons. The monoisotopic (exact) mass is 1130 g/mol. The molecule has 11 rings (SSSR count). The summed E-state index contributed by atoms with van der Waals surface area (Å²) in [4.78, 5) is 38.2. The van der Waals surface area contributed by atoms with Crippen molar-refractivity contribution >= 4 is 40.4 Å². The van der Waals surface area contributed by atoms with Gasteiger partial charge in [0.25, 0.3) is 0 Å². The molecule has 4 aliphatic rings. The predicted octanol–water partition coefficient (Wildman–Crippen LogP) is 10.1. The van der Waals surface area contributed by atoms with Crippen molar-refractivity contribution in [3.63, 3.8) is 0 Å². The highest BCUT2D eigenvalue weighted by atomic mass is 19.4. The Morgan fingerprint density at radius 1 is 0.951 bits per heavy atom. The Balaban J connectivity index is 0.000000255. The van der Waals surface area contributed by atoms with Crippen LogP contribution in [0.3, 0.4) is 0 Å². The van der Waals surface area contributed by atoms with Gasteiger partial charge in [-0.1, -0.05) is 73.7 Å². The van der Waals surface area contributed by atoms with E-state index in [0.29, 0.717) is 54.8 Å². The number of fused-ring (bicyclic) bond motifs is 4. The Hall–Kier alpha value is -7.82. The summed E-state index contributed by atoms with van der Waals surface area (Å²) in [6, 6.07) is 23.6. The summed E-state index contributed by atoms with van der Waals surface area (Å²) in [5.74, 6) is -0.149. The molecular weight excluding hydrogens is 1060 g/mol. The minimum absolute atomic E-state index is 0.000151. The Labute approximate surface area is 473 Å². The number of piperazine rings is 1. The molecule has 4 aliphatic heterocycles. The van der Waals surface area contributed by atoms with Crippen LogP contribution in [-0.4, -0.2) is 130 Å². The molecule has 7 heterocycles. The number of rotatable bonds is 18. The van der Waals surface area contributed by atoms with Crippen molar-refractivity contribution in [2.75, 3.05) is 51.4 Å². The van der Waals surface area contributed by atoms with Gasteiger partial charge in [0, 0.05) is 84.6 Å². The molecule has 4 N–H and O–H groups in total. The second kappa shape index (κ2) is 26.0. The molecule has 0 saturated carbocycles. The fourth-order valence-corrected chi connectivity index (χ4v) is 10.7. The van der Waals surface area contributed by atoms with E-state index >= 15 is 17.6 Å². The average Bonchev–Trinajstić information content (AvgIpc) is 2.15. The van der Waals surface area contributed by atoms with Crippen molar-refractivity contribution in [3.8, 4) is 34.1 Å². The number of hydrogen-bond acceptors (Lipinski definition) is 15. The van der Waals surface area contributed by atoms with Crippen LogP contribution >= 0.6 is 0 Å². The van der Waals surface area contributed by atoms with E-state index in [1.165, 1.54) is 32.0 Å². The Morgan fingerprint density at radius 3 is 2.34 bits per heavy atom. The largest absolute Gasteiger partial charge is 0.486 e. The Kier molecular flexibility index (Phi) is 18.6. The van der Waals surface area contributed by atoms with Gasteiger partial charge >= 0.3 is 12.2 Å². The molecule has 0 spiro atoms. The van der Waals surface area contributed by atoms with Crippen LogP contribution in [0.25, 0.3) is 44.2 Å². The summed E-state index contributed by atoms with van der Waals surface area (Å²) in [5.41, 5.74) is 3.42. The summed E-state index contributed by atoms with van der Waals surface area (Å²) in [6.45, 7) is 14.4. The van der Waals surface area contributed by atoms with Crippen molar-refractivity contribution in [3.05, 3.63) is 125 Å². The van der Waals surface area contributed by atoms with Crippen LogP contribution < -0.4 is 25.0 Å². The zero-order chi connectivity index (χ0) is 58.2. The molecule has 0 radical (unpaired) electrons. The van der Waals surface area contributed by atoms with Crippen LogP contribution in [0.5, 0.6) is 11.8 Å². The van der Waals surface area contributed by atoms with E-state index < -0.39 is 17.6 Å². The number of hydrogen-bond donors (Lipinski definition) is 4. The maximum Gasteiger partial charge on any atom is 0.417 e. The van der Waals surface area contributed by atoms with Gasteiger partial charge in [-0.05, 0) is 99.4 Å². The highest BCUT2D eigenvalue weighted by molar-refractivity contribution is 6.06. The SMILES string of the molecule is CC1CCCN1C=O.CO[C@@H](C)COc1nc(N2CC3CC2CN3)c2cc(C(F)(F)F)c(-c3c(C)c(F)cc4[nH]ncc34)c(OCc3ccc(C4CN(C(C)C(C)C)N=N4)cc3)c2n1.O=CNC(CO)c1ccc(-c2ccccn2)cc1. The fraction of sp³-hybridized carbons (Fsp3) is 0.433. The van der Waals surface area contributed by atoms with E-state index in [2.05, 4.69) is 63.8 Å². The van der Waals surface area contributed by atoms with Crippen molar-refractivity contribution < 1.29 is 46.5 Å². The third-order valence-electron chi connectivity index (χ3n) is 15.9. The first kappa shape index (κ1) is 58.8. The predicted molar refractivity (Wildman–Crippen MR) is 303 cm³/mol. The number of aromatic nitrogens is 5. The van der Waals surface area contributed by atoms with Gasteiger partial charge in [0.15, 0.2) is 5.75 Å². The van der Waals surface area contributed by atoms with Gasteiger partial charge in [0.2, 0.25) is 12.8 Å². The van der Waals surface area contributed by atoms with E-state index in [1.807, 2.05) is 88.5 Å². The number of aliphatic hydroxyl groups excluding tert-OH is 1. The second-order valence-corrected chi connectivity index (χ2v) is 21.6. The number of alkyl halides is 3. The minimum Gasteiger partial charge on any atom is -0.486 e. The van der Waals surface area contributed by atoms with Crippen LogP contribution in [0.15, 0.2) is 102 Å². The maximum atomic E-state index is 15.6. The molecule has 4 aromatic carbocycles. The number of H-pyrrole nitrogens is 1. The zero-order valence-electron chi connectivity index (χ0n) is 47.0. The quantitative estimate of drug-likeness (QED) is 0.0467. The highest BCUT2D eigenvalue weighted by Gasteiger charge is 2.42. The zero-order valence-corrected chi connectivity index (χ0v) is 47.0. The molecule has 7 aromatic rings. The average molecular weight is 1130 g/mol. The number of nitrogens with zero attached hydrogens (tertiary/aromatic N) is 9. The molecule has 22 heteroatoms. The minimum atomic E-state index is -4.89. The first-order valence-corrected chi connectivity index (χ1v) is 27.7. The number of ether oxygens (including phenoxy) is 3. The van der Waals surface area contributed by atoms with E-state index in [4.69, 9.17) is 29.3 Å². The number of halogens is 4. The van der Waals surface area contributed by atoms with Crippen molar-refractivity contribution in [2.24, 2.45) is 16.3 Å². The highest BCUT2D eigenvalue weighted by Crippen LogP contribution is 2.51. The first-order valence-electron chi connectivity index (χ1n) is 27.7. The maximum absolute atomic E-state index is 15.6. The van der Waals surface area contributed by atoms with E-state index in [1.54, 1.807) is 13.3 Å². The first-order chi connectivity index (χ1) is 39.5. The number of carbonyl (C=O) groups is 2. The summed E-state index contributed by atoms with van der Waals surface area (Å²) < 4.78 is 80.3. The smallest absolute Gasteiger partial charge is 0.417 e. The fourth-order valence-electron chi connectivity index (χ4n) is 10.7. The lowest BCUT2D eigenvalue weighted by atomic mass is 9.90. The molecule has 82 heavy (non-hydrogen) atoms. The lowest BCUT2D eigenvalue weighted by molar-refractivity contribution is -0.137. The molecule has 2 amide bonds. The number of nitrogens with one attached hydrogen (secondary N) is 3. The molecule has 3 aromatic heterocycles. The molecular formula is C60H70F4N12O6. The van der Waals surface area contributed by atoms with Gasteiger partial charge in [0.1, 0.15) is 36.4 Å². The van der Waals surface area contributed by atoms with Gasteiger partial charge in [-0.15, -0.1) is 0 Å². The molecule has 3 fully saturated rings. The number of benzene rings is 4. The van der Waals surface area contributed by atoms with E-state index in [-0.39, 0.29) is 101 Å². The molecule has 3 saturated heterocycles. The number of anilines is 1. The third kappa shape index (κ3) is 13.1. The van der Waals surface area contributed by atoms with Crippen molar-refractivity contribution in [2.45, 2.75) is 116 Å². The number of methoxy groups -OCH3 is 1. The molecule has 18 nitrogen and oxygen atoms in total. The van der Waals surface area contributed by atoms with Gasteiger partial charge in [-0.2, -0.15) is 33.4 Å². The molecule has 0 aliphatic carbocycles.